The summed E-state index contributed by atoms with van der Waals surface area (Å²) in [4.78, 5) is 4.27. The van der Waals surface area contributed by atoms with Crippen LogP contribution in [0.25, 0.3) is 0 Å². The normalized spacial score (nSPS) is 17.1. The first kappa shape index (κ1) is 19.4. The molecule has 1 saturated heterocycles. The summed E-state index contributed by atoms with van der Waals surface area (Å²) >= 11 is 0. The predicted molar refractivity (Wildman–Crippen MR) is 109 cm³/mol. The summed E-state index contributed by atoms with van der Waals surface area (Å²) in [5.74, 6) is 0.806. The van der Waals surface area contributed by atoms with Crippen LogP contribution >= 0.6 is 0 Å². The first-order chi connectivity index (χ1) is 13.3. The molecule has 1 heterocycles. The molecule has 1 unspecified atom stereocenters. The highest BCUT2D eigenvalue weighted by atomic mass is 16.5. The molecule has 1 atom stereocenters. The number of hydrogen-bond acceptors (Lipinski definition) is 3. The summed E-state index contributed by atoms with van der Waals surface area (Å²) in [5, 5.41) is 6.68. The maximum absolute atomic E-state index is 5.79. The molecule has 0 radical (unpaired) electrons. The van der Waals surface area contributed by atoms with Crippen molar-refractivity contribution in [2.75, 3.05) is 20.2 Å². The lowest BCUT2D eigenvalue weighted by atomic mass is 10.1. The van der Waals surface area contributed by atoms with E-state index in [1.807, 2.05) is 18.2 Å². The molecule has 1 aliphatic heterocycles. The number of nitrogens with zero attached hydrogens (tertiary/aromatic N) is 1. The fraction of sp³-hybridized carbons (Fsp3) is 0.409. The fourth-order valence-electron chi connectivity index (χ4n) is 3.04. The molecule has 1 aliphatic rings. The lowest BCUT2D eigenvalue weighted by Gasteiger charge is -2.15. The van der Waals surface area contributed by atoms with Crippen molar-refractivity contribution in [3.05, 3.63) is 71.3 Å². The molecule has 144 valence electrons. The van der Waals surface area contributed by atoms with E-state index in [1.54, 1.807) is 7.05 Å². The molecule has 2 aromatic carbocycles. The van der Waals surface area contributed by atoms with E-state index in [0.29, 0.717) is 19.3 Å². The van der Waals surface area contributed by atoms with Crippen molar-refractivity contribution in [3.8, 4) is 0 Å². The molecule has 0 aromatic heterocycles. The Morgan fingerprint density at radius 3 is 2.37 bits per heavy atom. The van der Waals surface area contributed by atoms with Gasteiger partial charge in [0.1, 0.15) is 0 Å². The van der Waals surface area contributed by atoms with Crippen molar-refractivity contribution in [1.29, 1.82) is 0 Å². The Morgan fingerprint density at radius 1 is 1.00 bits per heavy atom. The summed E-state index contributed by atoms with van der Waals surface area (Å²) in [6.45, 7) is 3.66. The molecule has 5 nitrogen and oxygen atoms in total. The molecule has 0 amide bonds. The van der Waals surface area contributed by atoms with Crippen LogP contribution in [0.1, 0.15) is 29.5 Å². The minimum Gasteiger partial charge on any atom is -0.376 e. The smallest absolute Gasteiger partial charge is 0.191 e. The van der Waals surface area contributed by atoms with E-state index < -0.39 is 0 Å². The van der Waals surface area contributed by atoms with Crippen LogP contribution in [0, 0.1) is 0 Å². The summed E-state index contributed by atoms with van der Waals surface area (Å²) in [7, 11) is 1.79. The third-order valence-corrected chi connectivity index (χ3v) is 4.61. The monoisotopic (exact) mass is 367 g/mol. The summed E-state index contributed by atoms with van der Waals surface area (Å²) in [5.41, 5.74) is 3.58. The number of benzene rings is 2. The topological polar surface area (TPSA) is 54.9 Å². The van der Waals surface area contributed by atoms with Gasteiger partial charge in [-0.15, -0.1) is 0 Å². The summed E-state index contributed by atoms with van der Waals surface area (Å²) in [6, 6.07) is 18.7. The average molecular weight is 367 g/mol. The second-order valence-corrected chi connectivity index (χ2v) is 6.74. The second-order valence-electron chi connectivity index (χ2n) is 6.74. The van der Waals surface area contributed by atoms with Crippen LogP contribution in [0.2, 0.25) is 0 Å². The van der Waals surface area contributed by atoms with Crippen molar-refractivity contribution in [2.45, 2.75) is 38.7 Å². The van der Waals surface area contributed by atoms with Gasteiger partial charge in [0.05, 0.1) is 19.3 Å². The van der Waals surface area contributed by atoms with E-state index in [2.05, 4.69) is 52.0 Å². The van der Waals surface area contributed by atoms with Crippen molar-refractivity contribution < 1.29 is 9.47 Å². The molecule has 0 spiro atoms. The Hall–Kier alpha value is -2.37. The Bertz CT molecular complexity index is 695. The molecule has 0 aliphatic carbocycles. The highest BCUT2D eigenvalue weighted by Crippen LogP contribution is 2.10. The van der Waals surface area contributed by atoms with Gasteiger partial charge in [-0.05, 0) is 29.5 Å². The molecular weight excluding hydrogens is 338 g/mol. The van der Waals surface area contributed by atoms with Gasteiger partial charge in [0.2, 0.25) is 0 Å². The Morgan fingerprint density at radius 2 is 1.70 bits per heavy atom. The first-order valence-electron chi connectivity index (χ1n) is 9.59. The number of aliphatic imine (C=N–C) groups is 1. The number of rotatable bonds is 8. The zero-order valence-electron chi connectivity index (χ0n) is 16.0. The predicted octanol–water partition coefficient (Wildman–Crippen LogP) is 3.25. The molecule has 3 rings (SSSR count). The highest BCUT2D eigenvalue weighted by Gasteiger charge is 2.15. The van der Waals surface area contributed by atoms with Crippen LogP contribution in [0.3, 0.4) is 0 Å². The maximum Gasteiger partial charge on any atom is 0.191 e. The van der Waals surface area contributed by atoms with Crippen LogP contribution in [-0.4, -0.2) is 32.3 Å². The van der Waals surface area contributed by atoms with Crippen molar-refractivity contribution in [3.63, 3.8) is 0 Å². The second kappa shape index (κ2) is 10.7. The average Bonchev–Trinajstić information content (AvgIpc) is 3.24. The van der Waals surface area contributed by atoms with Gasteiger partial charge in [-0.25, -0.2) is 0 Å². The molecule has 2 N–H and O–H groups in total. The Balaban J connectivity index is 1.37. The third-order valence-electron chi connectivity index (χ3n) is 4.61. The van der Waals surface area contributed by atoms with E-state index in [-0.39, 0.29) is 0 Å². The summed E-state index contributed by atoms with van der Waals surface area (Å²) in [6.07, 6.45) is 2.58. The third kappa shape index (κ3) is 6.70. The SMILES string of the molecule is CN=C(NCc1ccc(COCc2ccccc2)cc1)NCC1CCCO1. The largest absolute Gasteiger partial charge is 0.376 e. The van der Waals surface area contributed by atoms with Gasteiger partial charge in [-0.2, -0.15) is 0 Å². The molecule has 2 aromatic rings. The van der Waals surface area contributed by atoms with Crippen LogP contribution < -0.4 is 10.6 Å². The van der Waals surface area contributed by atoms with Gasteiger partial charge in [0.15, 0.2) is 5.96 Å². The molecule has 27 heavy (non-hydrogen) atoms. The lowest BCUT2D eigenvalue weighted by molar-refractivity contribution is 0.107. The van der Waals surface area contributed by atoms with E-state index in [9.17, 15) is 0 Å². The van der Waals surface area contributed by atoms with E-state index in [1.165, 1.54) is 16.7 Å². The van der Waals surface area contributed by atoms with Gasteiger partial charge in [-0.3, -0.25) is 4.99 Å². The van der Waals surface area contributed by atoms with Crippen LogP contribution in [0.4, 0.5) is 0 Å². The van der Waals surface area contributed by atoms with E-state index >= 15 is 0 Å². The lowest BCUT2D eigenvalue weighted by Crippen LogP contribution is -2.40. The molecule has 5 heteroatoms. The zero-order valence-corrected chi connectivity index (χ0v) is 16.0. The molecule has 0 saturated carbocycles. The quantitative estimate of drug-likeness (QED) is 0.555. The van der Waals surface area contributed by atoms with Crippen LogP contribution in [-0.2, 0) is 29.2 Å². The maximum atomic E-state index is 5.79. The Labute approximate surface area is 161 Å². The van der Waals surface area contributed by atoms with Gasteiger partial charge in [-0.1, -0.05) is 54.6 Å². The first-order valence-corrected chi connectivity index (χ1v) is 9.59. The number of nitrogens with one attached hydrogen (secondary N) is 2. The number of ether oxygens (including phenoxy) is 2. The van der Waals surface area contributed by atoms with Crippen LogP contribution in [0.15, 0.2) is 59.6 Å². The highest BCUT2D eigenvalue weighted by molar-refractivity contribution is 5.79. The molecule has 1 fully saturated rings. The van der Waals surface area contributed by atoms with E-state index in [4.69, 9.17) is 9.47 Å². The van der Waals surface area contributed by atoms with Crippen molar-refractivity contribution in [2.24, 2.45) is 4.99 Å². The van der Waals surface area contributed by atoms with Crippen molar-refractivity contribution in [1.82, 2.24) is 10.6 Å². The Kier molecular flexibility index (Phi) is 7.69. The van der Waals surface area contributed by atoms with Gasteiger partial charge < -0.3 is 20.1 Å². The van der Waals surface area contributed by atoms with Crippen LogP contribution in [0.5, 0.6) is 0 Å². The summed E-state index contributed by atoms with van der Waals surface area (Å²) < 4.78 is 11.4. The number of guanidine groups is 1. The van der Waals surface area contributed by atoms with Gasteiger partial charge in [0.25, 0.3) is 0 Å². The number of hydrogen-bond donors (Lipinski definition) is 2. The minimum atomic E-state index is 0.304. The minimum absolute atomic E-state index is 0.304. The van der Waals surface area contributed by atoms with Gasteiger partial charge >= 0.3 is 0 Å². The van der Waals surface area contributed by atoms with Gasteiger partial charge in [0, 0.05) is 26.7 Å². The zero-order chi connectivity index (χ0) is 18.7. The fourth-order valence-corrected chi connectivity index (χ4v) is 3.04. The standard InChI is InChI=1S/C22H29N3O2/c1-23-22(25-15-21-8-5-13-27-21)24-14-18-9-11-20(12-10-18)17-26-16-19-6-3-2-4-7-19/h2-4,6-7,9-12,21H,5,8,13-17H2,1H3,(H2,23,24,25). The molecular formula is C22H29N3O2. The molecule has 0 bridgehead atoms. The van der Waals surface area contributed by atoms with E-state index in [0.717, 1.165) is 38.5 Å². The van der Waals surface area contributed by atoms with Crippen molar-refractivity contribution >= 4 is 5.96 Å².